The molecule has 2 aromatic carbocycles. The van der Waals surface area contributed by atoms with E-state index in [-0.39, 0.29) is 5.91 Å². The zero-order chi connectivity index (χ0) is 17.6. The molecule has 0 saturated carbocycles. The molecule has 0 spiro atoms. The van der Waals surface area contributed by atoms with E-state index in [1.165, 1.54) is 22.3 Å². The molecular weight excluding hydrogens is 296 g/mol. The van der Waals surface area contributed by atoms with Crippen molar-refractivity contribution in [2.75, 3.05) is 11.4 Å². The summed E-state index contributed by atoms with van der Waals surface area (Å²) in [7, 11) is 0. The molecule has 0 radical (unpaired) electrons. The van der Waals surface area contributed by atoms with Crippen molar-refractivity contribution < 1.29 is 9.37 Å². The number of carbonyl (C=O) groups excluding carboxylic acids is 1. The van der Waals surface area contributed by atoms with Crippen LogP contribution >= 0.6 is 0 Å². The number of hydrogen-bond donors (Lipinski definition) is 0. The third-order valence-electron chi connectivity index (χ3n) is 4.53. The van der Waals surface area contributed by atoms with Gasteiger partial charge in [0.25, 0.3) is 5.91 Å². The van der Waals surface area contributed by atoms with Crippen LogP contribution in [-0.4, -0.2) is 23.4 Å². The highest BCUT2D eigenvalue weighted by atomic mass is 16.2. The summed E-state index contributed by atoms with van der Waals surface area (Å²) < 4.78 is 1.95. The normalized spacial score (nSPS) is 14.3. The van der Waals surface area contributed by atoms with Crippen LogP contribution in [0.5, 0.6) is 0 Å². The fourth-order valence-electron chi connectivity index (χ4n) is 3.84. The van der Waals surface area contributed by atoms with E-state index in [4.69, 9.17) is 0 Å². The van der Waals surface area contributed by atoms with Crippen molar-refractivity contribution in [1.82, 2.24) is 0 Å². The minimum Gasteiger partial charge on any atom is -0.305 e. The van der Waals surface area contributed by atoms with Crippen LogP contribution in [0.1, 0.15) is 33.4 Å². The number of aryl methyl sites for hydroxylation is 6. The predicted molar refractivity (Wildman–Crippen MR) is 98.6 cm³/mol. The number of carbonyl (C=O) groups is 1. The second-order valence-corrected chi connectivity index (χ2v) is 6.91. The average molecular weight is 320 g/mol. The second-order valence-electron chi connectivity index (χ2n) is 6.91. The molecule has 0 atom stereocenters. The van der Waals surface area contributed by atoms with E-state index in [0.717, 1.165) is 22.5 Å². The number of hydrogen-bond acceptors (Lipinski definition) is 1. The molecule has 124 valence electrons. The summed E-state index contributed by atoms with van der Waals surface area (Å²) >= 11 is 0. The molecule has 1 aliphatic rings. The van der Waals surface area contributed by atoms with Gasteiger partial charge in [-0.25, -0.2) is 0 Å². The summed E-state index contributed by atoms with van der Waals surface area (Å²) in [5, 5.41) is 0. The monoisotopic (exact) mass is 320 g/mol. The van der Waals surface area contributed by atoms with Crippen molar-refractivity contribution in [1.29, 1.82) is 0 Å². The third kappa shape index (κ3) is 2.75. The maximum Gasteiger partial charge on any atom is 0.272 e. The Labute approximate surface area is 144 Å². The van der Waals surface area contributed by atoms with Crippen LogP contribution in [0.4, 0.5) is 11.4 Å². The van der Waals surface area contributed by atoms with E-state index in [9.17, 15) is 4.79 Å². The lowest BCUT2D eigenvalue weighted by Crippen LogP contribution is -2.27. The fraction of sp³-hybridized carbons (Fsp3) is 0.333. The molecule has 3 nitrogen and oxygen atoms in total. The lowest BCUT2D eigenvalue weighted by Gasteiger charge is -2.18. The topological polar surface area (TPSA) is 23.3 Å². The number of anilines is 1. The highest BCUT2D eigenvalue weighted by molar-refractivity contribution is 6.11. The van der Waals surface area contributed by atoms with Crippen LogP contribution in [0, 0.1) is 41.5 Å². The molecule has 1 amide bonds. The number of amides is 1. The molecule has 1 aliphatic heterocycles. The van der Waals surface area contributed by atoms with Crippen molar-refractivity contribution in [3.05, 3.63) is 57.6 Å². The lowest BCUT2D eigenvalue weighted by atomic mass is 10.0. The van der Waals surface area contributed by atoms with Gasteiger partial charge in [-0.05, 0) is 63.8 Å². The Kier molecular flexibility index (Phi) is 4.04. The molecule has 0 bridgehead atoms. The molecule has 3 heteroatoms. The summed E-state index contributed by atoms with van der Waals surface area (Å²) in [4.78, 5) is 14.3. The summed E-state index contributed by atoms with van der Waals surface area (Å²) in [5.74, 6) is 0.0597. The Morgan fingerprint density at radius 3 is 1.79 bits per heavy atom. The van der Waals surface area contributed by atoms with Gasteiger partial charge >= 0.3 is 0 Å². The van der Waals surface area contributed by atoms with Gasteiger partial charge in [0.1, 0.15) is 6.54 Å². The number of nitrogens with zero attached hydrogens (tertiary/aromatic N) is 2. The average Bonchev–Trinajstić information content (AvgIpc) is 2.78. The molecule has 3 rings (SSSR count). The molecule has 0 aromatic heterocycles. The maximum absolute atomic E-state index is 12.7. The van der Waals surface area contributed by atoms with E-state index in [1.807, 2.05) is 4.58 Å². The Morgan fingerprint density at radius 1 is 0.833 bits per heavy atom. The van der Waals surface area contributed by atoms with Crippen LogP contribution in [0.25, 0.3) is 0 Å². The van der Waals surface area contributed by atoms with Gasteiger partial charge in [-0.1, -0.05) is 35.4 Å². The SMILES string of the molecule is Cc1cc(C)c(N2[C-]=[N+](c3c(C)cc(C)cc3C)CC2=O)c(C)c1. The Balaban J connectivity index is 2.10. The molecule has 0 unspecified atom stereocenters. The fourth-order valence-corrected chi connectivity index (χ4v) is 3.84. The summed E-state index contributed by atoms with van der Waals surface area (Å²) in [6.45, 7) is 12.8. The van der Waals surface area contributed by atoms with Gasteiger partial charge in [0.2, 0.25) is 6.34 Å². The zero-order valence-corrected chi connectivity index (χ0v) is 15.3. The second kappa shape index (κ2) is 5.90. The van der Waals surface area contributed by atoms with Crippen LogP contribution in [-0.2, 0) is 4.79 Å². The Morgan fingerprint density at radius 2 is 1.29 bits per heavy atom. The molecule has 24 heavy (non-hydrogen) atoms. The van der Waals surface area contributed by atoms with E-state index < -0.39 is 0 Å². The van der Waals surface area contributed by atoms with E-state index in [2.05, 4.69) is 72.1 Å². The van der Waals surface area contributed by atoms with Crippen LogP contribution in [0.3, 0.4) is 0 Å². The van der Waals surface area contributed by atoms with Crippen molar-refractivity contribution in [3.8, 4) is 0 Å². The molecule has 0 aliphatic carbocycles. The molecule has 2 aromatic rings. The summed E-state index contributed by atoms with van der Waals surface area (Å²) in [6.07, 6.45) is 3.29. The minimum absolute atomic E-state index is 0.0597. The van der Waals surface area contributed by atoms with Gasteiger partial charge in [-0.2, -0.15) is 0 Å². The summed E-state index contributed by atoms with van der Waals surface area (Å²) in [5.41, 5.74) is 9.04. The van der Waals surface area contributed by atoms with E-state index in [1.54, 1.807) is 4.90 Å². The smallest absolute Gasteiger partial charge is 0.272 e. The lowest BCUT2D eigenvalue weighted by molar-refractivity contribution is -0.418. The van der Waals surface area contributed by atoms with Gasteiger partial charge < -0.3 is 9.37 Å². The molecule has 0 saturated heterocycles. The van der Waals surface area contributed by atoms with Crippen molar-refractivity contribution in [2.24, 2.45) is 0 Å². The van der Waals surface area contributed by atoms with Crippen molar-refractivity contribution in [3.63, 3.8) is 0 Å². The van der Waals surface area contributed by atoms with Crippen LogP contribution < -0.4 is 4.90 Å². The number of rotatable bonds is 2. The standard InChI is InChI=1S/C21H24N2O/c1-13-7-15(3)20(16(4)8-13)22-11-19(24)23(12-22)21-17(5)9-14(2)10-18(21)6/h7-10H,11H2,1-6H3. The Hall–Kier alpha value is -2.42. The van der Waals surface area contributed by atoms with Gasteiger partial charge in [0.05, 0.1) is 11.4 Å². The summed E-state index contributed by atoms with van der Waals surface area (Å²) in [6, 6.07) is 8.53. The quantitative estimate of drug-likeness (QED) is 0.603. The predicted octanol–water partition coefficient (Wildman–Crippen LogP) is 4.13. The largest absolute Gasteiger partial charge is 0.305 e. The van der Waals surface area contributed by atoms with Crippen LogP contribution in [0.2, 0.25) is 0 Å². The third-order valence-corrected chi connectivity index (χ3v) is 4.53. The van der Waals surface area contributed by atoms with Gasteiger partial charge in [-0.15, -0.1) is 0 Å². The first kappa shape index (κ1) is 16.4. The first-order valence-electron chi connectivity index (χ1n) is 8.30. The minimum atomic E-state index is 0.0597. The molecule has 1 heterocycles. The highest BCUT2D eigenvalue weighted by Gasteiger charge is 2.28. The van der Waals surface area contributed by atoms with Gasteiger partial charge in [-0.3, -0.25) is 4.90 Å². The molecular formula is C21H24N2O. The van der Waals surface area contributed by atoms with E-state index in [0.29, 0.717) is 6.54 Å². The van der Waals surface area contributed by atoms with Crippen molar-refractivity contribution in [2.45, 2.75) is 41.5 Å². The van der Waals surface area contributed by atoms with Crippen LogP contribution in [0.15, 0.2) is 24.3 Å². The van der Waals surface area contributed by atoms with Gasteiger partial charge in [0, 0.05) is 0 Å². The highest BCUT2D eigenvalue weighted by Crippen LogP contribution is 2.30. The maximum atomic E-state index is 12.7. The van der Waals surface area contributed by atoms with Gasteiger partial charge in [0.15, 0.2) is 0 Å². The Bertz CT molecular complexity index is 831. The number of benzene rings is 2. The van der Waals surface area contributed by atoms with E-state index >= 15 is 0 Å². The molecule has 0 N–H and O–H groups in total. The molecule has 0 fully saturated rings. The van der Waals surface area contributed by atoms with Crippen molar-refractivity contribution >= 4 is 23.6 Å². The first-order valence-corrected chi connectivity index (χ1v) is 8.30. The first-order chi connectivity index (χ1) is 11.3. The zero-order valence-electron chi connectivity index (χ0n) is 15.3.